The van der Waals surface area contributed by atoms with Crippen LogP contribution < -0.4 is 24.3 Å². The summed E-state index contributed by atoms with van der Waals surface area (Å²) in [5.74, 6) is -1.01. The largest absolute Gasteiger partial charge is 0.497 e. The number of nitro benzene ring substituents is 1. The number of hydrogen-bond acceptors (Lipinski definition) is 11. The molecule has 0 saturated carbocycles. The lowest BCUT2D eigenvalue weighted by Crippen LogP contribution is -2.55. The van der Waals surface area contributed by atoms with Crippen LogP contribution in [0.1, 0.15) is 39.5 Å². The average Bonchev–Trinajstić information content (AvgIpc) is 3.33. The molecule has 1 amide bonds. The first-order valence-corrected chi connectivity index (χ1v) is 22.5. The highest BCUT2D eigenvalue weighted by molar-refractivity contribution is 7.89. The van der Waals surface area contributed by atoms with Gasteiger partial charge >= 0.3 is 5.97 Å². The van der Waals surface area contributed by atoms with Gasteiger partial charge in [-0.25, -0.2) is 13.2 Å². The summed E-state index contributed by atoms with van der Waals surface area (Å²) >= 11 is 12.2. The zero-order chi connectivity index (χ0) is 46.7. The molecule has 0 fully saturated rings. The zero-order valence-corrected chi connectivity index (χ0v) is 37.2. The Morgan fingerprint density at radius 1 is 0.894 bits per heavy atom. The number of ether oxygens (including phenoxy) is 4. The summed E-state index contributed by atoms with van der Waals surface area (Å²) in [6, 6.07) is 32.0. The van der Waals surface area contributed by atoms with Crippen LogP contribution in [0.15, 0.2) is 126 Å². The molecule has 0 saturated heterocycles. The molecule has 2 N–H and O–H groups in total. The van der Waals surface area contributed by atoms with Gasteiger partial charge in [-0.05, 0) is 106 Å². The van der Waals surface area contributed by atoms with Gasteiger partial charge < -0.3 is 29.4 Å². The Bertz CT molecular complexity index is 3000. The summed E-state index contributed by atoms with van der Waals surface area (Å²) in [7, 11) is -3.56. The van der Waals surface area contributed by atoms with Crippen molar-refractivity contribution in [1.82, 2.24) is 9.62 Å². The Morgan fingerprint density at radius 3 is 2.21 bits per heavy atom. The monoisotopic (exact) mass is 948 g/mol. The highest BCUT2D eigenvalue weighted by Gasteiger charge is 2.44. The fraction of sp³-hybridized carbons (Fsp3) is 0.188. The minimum atomic E-state index is -4.84. The number of nitrogens with zero attached hydrogens (tertiary/aromatic N) is 3. The molecule has 66 heavy (non-hydrogen) atoms. The highest BCUT2D eigenvalue weighted by Crippen LogP contribution is 2.43. The lowest BCUT2D eigenvalue weighted by Gasteiger charge is -2.36. The molecule has 3 atom stereocenters. The molecule has 2 heterocycles. The van der Waals surface area contributed by atoms with E-state index >= 15 is 0 Å². The molecule has 2 aliphatic rings. The molecular weight excluding hydrogens is 912 g/mol. The van der Waals surface area contributed by atoms with Gasteiger partial charge in [-0.2, -0.15) is 9.57 Å². The van der Waals surface area contributed by atoms with E-state index in [4.69, 9.17) is 47.4 Å². The number of nitro groups is 1. The predicted octanol–water partition coefficient (Wildman–Crippen LogP) is 8.47. The van der Waals surface area contributed by atoms with Crippen LogP contribution in [0.25, 0.3) is 11.1 Å². The van der Waals surface area contributed by atoms with Gasteiger partial charge in [0.25, 0.3) is 15.7 Å². The maximum Gasteiger partial charge on any atom is 0.326 e. The number of carboxylic acid groups (broad SMARTS) is 1. The molecule has 0 unspecified atom stereocenters. The SMILES string of the molecule is COc1ccc(S(=O)(=O)N2Cc3cc4c(cc3C[C@H]2C(=O)N[C@@H](Cc2ccc(-c3ccc(C#N)cc3)cc2)C(=O)O)OC[C@H](c2ccc(OCc3ccc(Cl)c(Cl)c3)cc2)O4)c([N+](=O)[O-])c1. The van der Waals surface area contributed by atoms with Crippen LogP contribution in [0.2, 0.25) is 10.0 Å². The fourth-order valence-electron chi connectivity index (χ4n) is 7.73. The van der Waals surface area contributed by atoms with Gasteiger partial charge in [-0.1, -0.05) is 77.8 Å². The van der Waals surface area contributed by atoms with Crippen molar-refractivity contribution in [2.75, 3.05) is 13.7 Å². The molecule has 0 aromatic heterocycles. The minimum absolute atomic E-state index is 0.0389. The highest BCUT2D eigenvalue weighted by atomic mass is 35.5. The summed E-state index contributed by atoms with van der Waals surface area (Å²) in [6.45, 7) is -0.0501. The van der Waals surface area contributed by atoms with Gasteiger partial charge in [0.05, 0.1) is 39.8 Å². The van der Waals surface area contributed by atoms with E-state index in [0.29, 0.717) is 49.5 Å². The minimum Gasteiger partial charge on any atom is -0.497 e. The second kappa shape index (κ2) is 19.1. The van der Waals surface area contributed by atoms with E-state index in [2.05, 4.69) is 11.4 Å². The standard InChI is InChI=1S/C48H38Cl2N4O11S/c1-62-37-15-17-46(41(23-37)54(58)59)66(60,61)53-25-35-22-44-43(64-27-45(65-44)33-11-13-36(14-12-33)63-26-30-6-16-38(49)39(50)18-30)21-34(35)20-42(53)47(55)52-40(48(56)57)19-28-2-7-31(8-3-28)32-9-4-29(24-51)5-10-32/h2-18,21-23,40,42,45H,19-20,25-27H2,1H3,(H,52,55)(H,56,57)/t40-,42-,45+/m0/s1. The Balaban J connectivity index is 1.04. The topological polar surface area (TPSA) is 208 Å². The van der Waals surface area contributed by atoms with E-state index < -0.39 is 62.1 Å². The Labute approximate surface area is 388 Å². The number of halogens is 2. The maximum atomic E-state index is 14.6. The first-order chi connectivity index (χ1) is 31.7. The van der Waals surface area contributed by atoms with E-state index in [1.165, 1.54) is 13.2 Å². The molecular formula is C48H38Cl2N4O11S. The van der Waals surface area contributed by atoms with Crippen molar-refractivity contribution < 1.29 is 47.0 Å². The number of nitriles is 1. The third-order valence-corrected chi connectivity index (χ3v) is 13.9. The van der Waals surface area contributed by atoms with Crippen molar-refractivity contribution >= 4 is 50.8 Å². The fourth-order valence-corrected chi connectivity index (χ4v) is 9.75. The van der Waals surface area contributed by atoms with Gasteiger partial charge in [-0.3, -0.25) is 14.9 Å². The Kier molecular flexibility index (Phi) is 13.2. The van der Waals surface area contributed by atoms with Crippen LogP contribution >= 0.6 is 23.2 Å². The summed E-state index contributed by atoms with van der Waals surface area (Å²) < 4.78 is 53.7. The molecule has 6 aromatic rings. The zero-order valence-electron chi connectivity index (χ0n) is 34.9. The molecule has 336 valence electrons. The van der Waals surface area contributed by atoms with E-state index in [0.717, 1.165) is 38.7 Å². The number of fused-ring (bicyclic) bond motifs is 2. The van der Waals surface area contributed by atoms with Crippen molar-refractivity contribution in [2.24, 2.45) is 0 Å². The number of carbonyl (C=O) groups excluding carboxylic acids is 1. The van der Waals surface area contributed by atoms with Crippen molar-refractivity contribution in [3.63, 3.8) is 0 Å². The molecule has 6 aromatic carbocycles. The number of nitrogens with one attached hydrogen (secondary N) is 1. The number of aliphatic carboxylic acids is 1. The third-order valence-electron chi connectivity index (χ3n) is 11.3. The normalized spacial score (nSPS) is 16.0. The van der Waals surface area contributed by atoms with Crippen LogP contribution in [0.4, 0.5) is 5.69 Å². The van der Waals surface area contributed by atoms with Crippen LogP contribution in [-0.4, -0.2) is 60.4 Å². The summed E-state index contributed by atoms with van der Waals surface area (Å²) in [4.78, 5) is 37.7. The number of benzene rings is 6. The van der Waals surface area contributed by atoms with Crippen LogP contribution in [0.5, 0.6) is 23.0 Å². The maximum absolute atomic E-state index is 14.6. The number of methoxy groups -OCH3 is 1. The van der Waals surface area contributed by atoms with Crippen molar-refractivity contribution in [3.8, 4) is 40.2 Å². The molecule has 0 aliphatic carbocycles. The summed E-state index contributed by atoms with van der Waals surface area (Å²) in [6.07, 6.45) is -0.952. The first-order valence-electron chi connectivity index (χ1n) is 20.3. The smallest absolute Gasteiger partial charge is 0.326 e. The lowest BCUT2D eigenvalue weighted by atomic mass is 9.93. The molecule has 18 heteroatoms. The van der Waals surface area contributed by atoms with E-state index in [1.54, 1.807) is 84.9 Å². The number of amides is 1. The van der Waals surface area contributed by atoms with Crippen LogP contribution in [0.3, 0.4) is 0 Å². The Morgan fingerprint density at radius 2 is 1.56 bits per heavy atom. The second-order valence-corrected chi connectivity index (χ2v) is 18.1. The molecule has 15 nitrogen and oxygen atoms in total. The molecule has 2 aliphatic heterocycles. The molecule has 0 bridgehead atoms. The predicted molar refractivity (Wildman–Crippen MR) is 242 cm³/mol. The first kappa shape index (κ1) is 45.4. The summed E-state index contributed by atoms with van der Waals surface area (Å²) in [5, 5.41) is 35.1. The lowest BCUT2D eigenvalue weighted by molar-refractivity contribution is -0.387. The van der Waals surface area contributed by atoms with Gasteiger partial charge in [0.15, 0.2) is 22.5 Å². The second-order valence-electron chi connectivity index (χ2n) is 15.4. The number of hydrogen-bond donors (Lipinski definition) is 2. The molecule has 0 radical (unpaired) electrons. The quantitative estimate of drug-likeness (QED) is 0.0779. The number of rotatable bonds is 14. The van der Waals surface area contributed by atoms with Crippen molar-refractivity contribution in [2.45, 2.75) is 49.1 Å². The van der Waals surface area contributed by atoms with E-state index in [1.807, 2.05) is 18.2 Å². The molecule has 0 spiro atoms. The van der Waals surface area contributed by atoms with Crippen LogP contribution in [-0.2, 0) is 45.6 Å². The Hall–Kier alpha value is -7.16. The van der Waals surface area contributed by atoms with Gasteiger partial charge in [0, 0.05) is 13.0 Å². The molecule has 8 rings (SSSR count). The van der Waals surface area contributed by atoms with Gasteiger partial charge in [0.1, 0.15) is 36.8 Å². The van der Waals surface area contributed by atoms with E-state index in [-0.39, 0.29) is 31.8 Å². The average molecular weight is 950 g/mol. The summed E-state index contributed by atoms with van der Waals surface area (Å²) in [5.41, 5.74) is 4.52. The van der Waals surface area contributed by atoms with E-state index in [9.17, 15) is 33.2 Å². The number of carbonyl (C=O) groups is 2. The van der Waals surface area contributed by atoms with Crippen LogP contribution in [0, 0.1) is 21.4 Å². The van der Waals surface area contributed by atoms with Crippen molar-refractivity contribution in [3.05, 3.63) is 175 Å². The third kappa shape index (κ3) is 9.75. The number of sulfonamides is 1. The number of carboxylic acids is 1. The van der Waals surface area contributed by atoms with Gasteiger partial charge in [-0.15, -0.1) is 0 Å². The van der Waals surface area contributed by atoms with Crippen molar-refractivity contribution in [1.29, 1.82) is 5.26 Å². The van der Waals surface area contributed by atoms with Gasteiger partial charge in [0.2, 0.25) is 5.91 Å².